The minimum Gasteiger partial charge on any atom is -0.494 e. The van der Waals surface area contributed by atoms with E-state index in [1.807, 2.05) is 13.8 Å². The zero-order valence-electron chi connectivity index (χ0n) is 23.3. The summed E-state index contributed by atoms with van der Waals surface area (Å²) >= 11 is 0. The Morgan fingerprint density at radius 2 is 1.75 bits per heavy atom. The fraction of sp³-hybridized carbons (Fsp3) is 0.414. The third-order valence-electron chi connectivity index (χ3n) is 6.90. The topological polar surface area (TPSA) is 139 Å². The molecule has 1 aliphatic carbocycles. The van der Waals surface area contributed by atoms with Gasteiger partial charge in [0.25, 0.3) is 0 Å². The van der Waals surface area contributed by atoms with Crippen molar-refractivity contribution in [3.8, 4) is 5.75 Å². The van der Waals surface area contributed by atoms with Crippen LogP contribution < -0.4 is 4.74 Å². The first-order valence-electron chi connectivity index (χ1n) is 13.2. The number of aryl methyl sites for hydroxylation is 2. The summed E-state index contributed by atoms with van der Waals surface area (Å²) in [6, 6.07) is 16.0. The summed E-state index contributed by atoms with van der Waals surface area (Å²) in [5.74, 6) is -2.91. The molecule has 2 aromatic carbocycles. The van der Waals surface area contributed by atoms with Crippen LogP contribution in [0.1, 0.15) is 61.9 Å². The zero-order chi connectivity index (χ0) is 29.4. The number of sulfone groups is 1. The molecule has 0 bridgehead atoms. The standard InChI is InChI=1S/C27H35N3O3S.C2H2O4/c1-20(2)27-26(19-28-30(27)4)34(31,32)23-15-13-22(14-16-23)33-18-8-17-29(3)25-12-7-10-21-9-5-6-11-24(21)25;3-1(4)2(5)6/h5-6,9,11,13-16,19-20,25H,7-8,10,12,17-18H2,1-4H3;(H,3,4)(H,5,6). The van der Waals surface area contributed by atoms with E-state index in [-0.39, 0.29) is 15.7 Å². The van der Waals surface area contributed by atoms with E-state index in [0.29, 0.717) is 24.1 Å². The van der Waals surface area contributed by atoms with Crippen LogP contribution >= 0.6 is 0 Å². The molecule has 0 fully saturated rings. The molecular weight excluding hydrogens is 534 g/mol. The van der Waals surface area contributed by atoms with Crippen molar-refractivity contribution in [3.63, 3.8) is 0 Å². The molecule has 1 heterocycles. The molecule has 10 nitrogen and oxygen atoms in total. The number of aliphatic carboxylic acids is 2. The van der Waals surface area contributed by atoms with Crippen molar-refractivity contribution < 1.29 is 33.0 Å². The van der Waals surface area contributed by atoms with E-state index in [4.69, 9.17) is 24.5 Å². The SMILES string of the molecule is CC(C)c1c(S(=O)(=O)c2ccc(OCCCN(C)C3CCCc4ccccc43)cc2)cnn1C.O=C(O)C(=O)O. The van der Waals surface area contributed by atoms with Gasteiger partial charge in [0.2, 0.25) is 9.84 Å². The monoisotopic (exact) mass is 571 g/mol. The molecule has 0 saturated carbocycles. The predicted molar refractivity (Wildman–Crippen MR) is 149 cm³/mol. The van der Waals surface area contributed by atoms with Gasteiger partial charge in [0.15, 0.2) is 0 Å². The first-order valence-corrected chi connectivity index (χ1v) is 14.7. The van der Waals surface area contributed by atoms with Crippen LogP contribution in [0.15, 0.2) is 64.5 Å². The Kier molecular flexibility index (Phi) is 10.5. The highest BCUT2D eigenvalue weighted by molar-refractivity contribution is 7.91. The van der Waals surface area contributed by atoms with E-state index in [1.54, 1.807) is 36.0 Å². The van der Waals surface area contributed by atoms with Crippen LogP contribution in [0, 0.1) is 0 Å². The summed E-state index contributed by atoms with van der Waals surface area (Å²) in [5.41, 5.74) is 3.65. The number of hydrogen-bond donors (Lipinski definition) is 2. The summed E-state index contributed by atoms with van der Waals surface area (Å²) in [5, 5.41) is 18.9. The van der Waals surface area contributed by atoms with Gasteiger partial charge in [0.05, 0.1) is 23.4 Å². The lowest BCUT2D eigenvalue weighted by atomic mass is 9.87. The number of nitrogens with zero attached hydrogens (tertiary/aromatic N) is 3. The highest BCUT2D eigenvalue weighted by atomic mass is 32.2. The molecule has 0 spiro atoms. The van der Waals surface area contributed by atoms with Gasteiger partial charge in [-0.15, -0.1) is 0 Å². The number of hydrogen-bond acceptors (Lipinski definition) is 7. The number of carbonyl (C=O) groups is 2. The predicted octanol–water partition coefficient (Wildman–Crippen LogP) is 4.31. The first kappa shape index (κ1) is 30.8. The van der Waals surface area contributed by atoms with E-state index in [2.05, 4.69) is 41.3 Å². The van der Waals surface area contributed by atoms with Gasteiger partial charge in [0, 0.05) is 19.6 Å². The lowest BCUT2D eigenvalue weighted by Crippen LogP contribution is -2.29. The molecule has 2 N–H and O–H groups in total. The van der Waals surface area contributed by atoms with Crippen molar-refractivity contribution in [1.82, 2.24) is 14.7 Å². The summed E-state index contributed by atoms with van der Waals surface area (Å²) in [4.78, 5) is 21.2. The van der Waals surface area contributed by atoms with Gasteiger partial charge in [-0.1, -0.05) is 38.1 Å². The molecule has 1 aromatic heterocycles. The third-order valence-corrected chi connectivity index (χ3v) is 8.68. The molecule has 0 saturated heterocycles. The van der Waals surface area contributed by atoms with Crippen LogP contribution in [0.2, 0.25) is 0 Å². The number of carboxylic acids is 2. The molecule has 3 aromatic rings. The van der Waals surface area contributed by atoms with Gasteiger partial charge in [-0.2, -0.15) is 5.10 Å². The molecule has 40 heavy (non-hydrogen) atoms. The van der Waals surface area contributed by atoms with Gasteiger partial charge in [0.1, 0.15) is 10.6 Å². The van der Waals surface area contributed by atoms with Crippen LogP contribution in [0.3, 0.4) is 0 Å². The maximum absolute atomic E-state index is 13.2. The number of aromatic nitrogens is 2. The Hall–Kier alpha value is -3.70. The molecule has 1 aliphatic rings. The molecule has 0 radical (unpaired) electrons. The largest absolute Gasteiger partial charge is 0.494 e. The van der Waals surface area contributed by atoms with Gasteiger partial charge in [-0.3, -0.25) is 9.58 Å². The fourth-order valence-corrected chi connectivity index (χ4v) is 6.56. The van der Waals surface area contributed by atoms with Crippen molar-refractivity contribution in [2.24, 2.45) is 7.05 Å². The quantitative estimate of drug-likeness (QED) is 0.284. The van der Waals surface area contributed by atoms with Gasteiger partial charge in [-0.05, 0) is 74.0 Å². The van der Waals surface area contributed by atoms with Crippen LogP contribution in [0.25, 0.3) is 0 Å². The minimum atomic E-state index is -3.63. The second-order valence-electron chi connectivity index (χ2n) is 10.0. The molecule has 0 amide bonds. The number of rotatable bonds is 9. The summed E-state index contributed by atoms with van der Waals surface area (Å²) in [7, 11) is 0.335. The Balaban J connectivity index is 0.000000663. The van der Waals surface area contributed by atoms with Gasteiger partial charge >= 0.3 is 11.9 Å². The number of fused-ring (bicyclic) bond motifs is 1. The highest BCUT2D eigenvalue weighted by Gasteiger charge is 2.26. The van der Waals surface area contributed by atoms with E-state index in [1.165, 1.54) is 36.6 Å². The third kappa shape index (κ3) is 7.48. The van der Waals surface area contributed by atoms with E-state index in [0.717, 1.165) is 13.0 Å². The second-order valence-corrected chi connectivity index (χ2v) is 12.0. The van der Waals surface area contributed by atoms with Crippen LogP contribution in [-0.4, -0.2) is 65.4 Å². The number of benzene rings is 2. The smallest absolute Gasteiger partial charge is 0.414 e. The van der Waals surface area contributed by atoms with Gasteiger partial charge in [-0.25, -0.2) is 18.0 Å². The molecule has 4 rings (SSSR count). The zero-order valence-corrected chi connectivity index (χ0v) is 24.1. The second kappa shape index (κ2) is 13.6. The van der Waals surface area contributed by atoms with Crippen LogP contribution in [0.5, 0.6) is 5.75 Å². The maximum Gasteiger partial charge on any atom is 0.414 e. The van der Waals surface area contributed by atoms with Gasteiger partial charge < -0.3 is 14.9 Å². The first-order chi connectivity index (χ1) is 18.9. The maximum atomic E-state index is 13.2. The Labute approximate surface area is 235 Å². The van der Waals surface area contributed by atoms with Crippen molar-refractivity contribution in [2.45, 2.75) is 61.3 Å². The molecule has 0 aliphatic heterocycles. The average Bonchev–Trinajstić information content (AvgIpc) is 3.33. The fourth-order valence-electron chi connectivity index (χ4n) is 4.98. The van der Waals surface area contributed by atoms with Crippen molar-refractivity contribution in [3.05, 3.63) is 71.5 Å². The number of ether oxygens (including phenoxy) is 1. The van der Waals surface area contributed by atoms with E-state index < -0.39 is 21.8 Å². The summed E-state index contributed by atoms with van der Waals surface area (Å²) in [6.07, 6.45) is 5.95. The van der Waals surface area contributed by atoms with Crippen molar-refractivity contribution in [2.75, 3.05) is 20.2 Å². The average molecular weight is 572 g/mol. The molecule has 216 valence electrons. The summed E-state index contributed by atoms with van der Waals surface area (Å²) in [6.45, 7) is 5.48. The minimum absolute atomic E-state index is 0.0557. The Bertz CT molecular complexity index is 1400. The van der Waals surface area contributed by atoms with Crippen molar-refractivity contribution >= 4 is 21.8 Å². The van der Waals surface area contributed by atoms with Crippen molar-refractivity contribution in [1.29, 1.82) is 0 Å². The Morgan fingerprint density at radius 3 is 2.38 bits per heavy atom. The lowest BCUT2D eigenvalue weighted by molar-refractivity contribution is -0.159. The lowest BCUT2D eigenvalue weighted by Gasteiger charge is -2.33. The number of carboxylic acid groups (broad SMARTS) is 2. The summed E-state index contributed by atoms with van der Waals surface area (Å²) < 4.78 is 33.9. The molecule has 1 unspecified atom stereocenters. The molecule has 11 heteroatoms. The van der Waals surface area contributed by atoms with E-state index in [9.17, 15) is 8.42 Å². The van der Waals surface area contributed by atoms with Crippen LogP contribution in [-0.2, 0) is 32.9 Å². The van der Waals surface area contributed by atoms with E-state index >= 15 is 0 Å². The van der Waals surface area contributed by atoms with Crippen LogP contribution in [0.4, 0.5) is 0 Å². The normalized spacial score (nSPS) is 14.8. The molecule has 1 atom stereocenters. The Morgan fingerprint density at radius 1 is 1.10 bits per heavy atom. The highest BCUT2D eigenvalue weighted by Crippen LogP contribution is 2.33. The molecular formula is C29H37N3O7S.